The maximum absolute atomic E-state index is 5.71. The van der Waals surface area contributed by atoms with Gasteiger partial charge in [-0.15, -0.1) is 0 Å². The van der Waals surface area contributed by atoms with E-state index in [0.717, 1.165) is 27.1 Å². The van der Waals surface area contributed by atoms with E-state index in [2.05, 4.69) is 41.0 Å². The van der Waals surface area contributed by atoms with Gasteiger partial charge in [-0.05, 0) is 46.3 Å². The van der Waals surface area contributed by atoms with Crippen LogP contribution in [0.25, 0.3) is 22.6 Å². The third-order valence-electron chi connectivity index (χ3n) is 3.49. The molecule has 7 nitrogen and oxygen atoms in total. The van der Waals surface area contributed by atoms with Crippen molar-refractivity contribution in [1.29, 1.82) is 0 Å². The van der Waals surface area contributed by atoms with Gasteiger partial charge in [0.05, 0.1) is 12.1 Å². The van der Waals surface area contributed by atoms with Gasteiger partial charge in [-0.25, -0.2) is 19.6 Å². The molecule has 0 amide bonds. The summed E-state index contributed by atoms with van der Waals surface area (Å²) >= 11 is 3.41. The minimum atomic E-state index is 0.533. The number of halogens is 1. The van der Waals surface area contributed by atoms with E-state index < -0.39 is 0 Å². The van der Waals surface area contributed by atoms with E-state index in [-0.39, 0.29) is 0 Å². The third kappa shape index (κ3) is 3.13. The zero-order chi connectivity index (χ0) is 16.4. The first-order chi connectivity index (χ1) is 11.8. The largest absolute Gasteiger partial charge is 0.492 e. The highest BCUT2D eigenvalue weighted by molar-refractivity contribution is 9.10. The smallest absolute Gasteiger partial charge is 0.178 e. The molecule has 1 N–H and O–H groups in total. The van der Waals surface area contributed by atoms with Crippen molar-refractivity contribution in [2.24, 2.45) is 0 Å². The summed E-state index contributed by atoms with van der Waals surface area (Å²) in [5, 5.41) is 4.03. The van der Waals surface area contributed by atoms with Crippen molar-refractivity contribution < 1.29 is 4.74 Å². The molecule has 120 valence electrons. The van der Waals surface area contributed by atoms with Gasteiger partial charge in [-0.2, -0.15) is 5.10 Å². The molecule has 3 aromatic heterocycles. The molecule has 0 saturated heterocycles. The monoisotopic (exact) mass is 384 g/mol. The van der Waals surface area contributed by atoms with Gasteiger partial charge in [0.25, 0.3) is 0 Å². The molecule has 0 atom stereocenters. The number of nitrogens with one attached hydrogen (secondary N) is 1. The number of imidazole rings is 1. The number of aromatic nitrogens is 6. The van der Waals surface area contributed by atoms with Crippen molar-refractivity contribution in [1.82, 2.24) is 29.7 Å². The van der Waals surface area contributed by atoms with Crippen LogP contribution in [0, 0.1) is 0 Å². The quantitative estimate of drug-likeness (QED) is 0.571. The number of hydrogen-bond donors (Lipinski definition) is 1. The number of nitrogens with zero attached hydrogens (tertiary/aromatic N) is 5. The minimum absolute atomic E-state index is 0.533. The fourth-order valence-electron chi connectivity index (χ4n) is 2.33. The van der Waals surface area contributed by atoms with E-state index in [0.29, 0.717) is 18.8 Å². The van der Waals surface area contributed by atoms with Gasteiger partial charge in [0.15, 0.2) is 5.65 Å². The van der Waals surface area contributed by atoms with Crippen molar-refractivity contribution in [3.63, 3.8) is 0 Å². The van der Waals surface area contributed by atoms with E-state index in [9.17, 15) is 0 Å². The molecule has 1 aromatic carbocycles. The number of rotatable bonds is 5. The molecule has 0 unspecified atom stereocenters. The molecule has 0 fully saturated rings. The summed E-state index contributed by atoms with van der Waals surface area (Å²) in [5.74, 6) is 1.58. The number of pyridine rings is 1. The predicted octanol–water partition coefficient (Wildman–Crippen LogP) is 3.06. The second-order valence-electron chi connectivity index (χ2n) is 5.14. The second-order valence-corrected chi connectivity index (χ2v) is 6.06. The molecule has 0 aliphatic carbocycles. The molecular weight excluding hydrogens is 372 g/mol. The maximum atomic E-state index is 5.71. The zero-order valence-electron chi connectivity index (χ0n) is 12.6. The molecule has 0 aliphatic heterocycles. The Morgan fingerprint density at radius 2 is 2.08 bits per heavy atom. The van der Waals surface area contributed by atoms with Crippen molar-refractivity contribution >= 4 is 27.1 Å². The van der Waals surface area contributed by atoms with E-state index >= 15 is 0 Å². The van der Waals surface area contributed by atoms with Crippen LogP contribution in [-0.4, -0.2) is 36.3 Å². The first-order valence-electron chi connectivity index (χ1n) is 7.35. The van der Waals surface area contributed by atoms with E-state index in [1.807, 2.05) is 30.3 Å². The maximum Gasteiger partial charge on any atom is 0.178 e. The average Bonchev–Trinajstić information content (AvgIpc) is 3.24. The van der Waals surface area contributed by atoms with Crippen molar-refractivity contribution in [3.05, 3.63) is 53.7 Å². The van der Waals surface area contributed by atoms with Crippen LogP contribution in [0.5, 0.6) is 5.75 Å². The van der Waals surface area contributed by atoms with Crippen LogP contribution in [0.1, 0.15) is 0 Å². The normalized spacial score (nSPS) is 11.0. The van der Waals surface area contributed by atoms with Gasteiger partial charge in [0, 0.05) is 16.2 Å². The van der Waals surface area contributed by atoms with E-state index in [4.69, 9.17) is 4.74 Å². The number of aromatic amines is 1. The van der Waals surface area contributed by atoms with Crippen LogP contribution in [-0.2, 0) is 6.54 Å². The van der Waals surface area contributed by atoms with Crippen molar-refractivity contribution in [3.8, 4) is 17.1 Å². The van der Waals surface area contributed by atoms with Gasteiger partial charge in [-0.1, -0.05) is 0 Å². The fraction of sp³-hybridized carbons (Fsp3) is 0.125. The number of benzene rings is 1. The highest BCUT2D eigenvalue weighted by Crippen LogP contribution is 2.23. The Kier molecular flexibility index (Phi) is 3.96. The Morgan fingerprint density at radius 3 is 2.88 bits per heavy atom. The highest BCUT2D eigenvalue weighted by Gasteiger charge is 2.07. The zero-order valence-corrected chi connectivity index (χ0v) is 14.1. The molecule has 4 rings (SSSR count). The number of fused-ring (bicyclic) bond motifs is 1. The average molecular weight is 385 g/mol. The van der Waals surface area contributed by atoms with Crippen LogP contribution < -0.4 is 4.74 Å². The third-order valence-corrected chi connectivity index (χ3v) is 3.92. The molecule has 0 saturated carbocycles. The standard InChI is InChI=1S/C16H13BrN6O/c17-12-7-14-16(19-8-12)22-15(21-14)11-1-3-13(4-2-11)24-6-5-23-10-18-9-20-23/h1-4,7-10H,5-6H2,(H,19,21,22). The molecule has 0 spiro atoms. The summed E-state index contributed by atoms with van der Waals surface area (Å²) < 4.78 is 8.36. The van der Waals surface area contributed by atoms with Crippen LogP contribution in [0.4, 0.5) is 0 Å². The SMILES string of the molecule is Brc1cnc2nc(-c3ccc(OCCn4cncn4)cc3)[nH]c2c1. The van der Waals surface area contributed by atoms with Crippen LogP contribution in [0.3, 0.4) is 0 Å². The Bertz CT molecular complexity index is 949. The Balaban J connectivity index is 1.46. The lowest BCUT2D eigenvalue weighted by atomic mass is 10.2. The molecule has 4 aromatic rings. The first-order valence-corrected chi connectivity index (χ1v) is 8.14. The lowest BCUT2D eigenvalue weighted by molar-refractivity contribution is 0.291. The molecule has 24 heavy (non-hydrogen) atoms. The summed E-state index contributed by atoms with van der Waals surface area (Å²) in [6, 6.07) is 9.75. The topological polar surface area (TPSA) is 81.5 Å². The minimum Gasteiger partial charge on any atom is -0.492 e. The van der Waals surface area contributed by atoms with Gasteiger partial charge < -0.3 is 9.72 Å². The first kappa shape index (κ1) is 14.8. The molecule has 3 heterocycles. The van der Waals surface area contributed by atoms with Crippen molar-refractivity contribution in [2.45, 2.75) is 6.54 Å². The second kappa shape index (κ2) is 6.40. The molecule has 8 heteroatoms. The Hall–Kier alpha value is -2.74. The van der Waals surface area contributed by atoms with Crippen LogP contribution >= 0.6 is 15.9 Å². The van der Waals surface area contributed by atoms with E-state index in [1.54, 1.807) is 17.2 Å². The summed E-state index contributed by atoms with van der Waals surface area (Å²) in [7, 11) is 0. The molecule has 0 aliphatic rings. The van der Waals surface area contributed by atoms with Crippen LogP contribution in [0.15, 0.2) is 53.7 Å². The van der Waals surface area contributed by atoms with E-state index in [1.165, 1.54) is 6.33 Å². The van der Waals surface area contributed by atoms with Crippen molar-refractivity contribution in [2.75, 3.05) is 6.61 Å². The number of hydrogen-bond acceptors (Lipinski definition) is 5. The van der Waals surface area contributed by atoms with Gasteiger partial charge in [0.1, 0.15) is 30.8 Å². The highest BCUT2D eigenvalue weighted by atomic mass is 79.9. The lowest BCUT2D eigenvalue weighted by Gasteiger charge is -2.06. The number of ether oxygens (including phenoxy) is 1. The Morgan fingerprint density at radius 1 is 1.21 bits per heavy atom. The van der Waals surface area contributed by atoms with Gasteiger partial charge >= 0.3 is 0 Å². The molecule has 0 bridgehead atoms. The lowest BCUT2D eigenvalue weighted by Crippen LogP contribution is -2.08. The van der Waals surface area contributed by atoms with Gasteiger partial charge in [0.2, 0.25) is 0 Å². The summed E-state index contributed by atoms with van der Waals surface area (Å²) in [4.78, 5) is 15.9. The van der Waals surface area contributed by atoms with Gasteiger partial charge in [-0.3, -0.25) is 0 Å². The molecule has 0 radical (unpaired) electrons. The number of H-pyrrole nitrogens is 1. The fourth-order valence-corrected chi connectivity index (χ4v) is 2.66. The summed E-state index contributed by atoms with van der Waals surface area (Å²) in [6.07, 6.45) is 4.91. The summed E-state index contributed by atoms with van der Waals surface area (Å²) in [5.41, 5.74) is 2.57. The van der Waals surface area contributed by atoms with Crippen LogP contribution in [0.2, 0.25) is 0 Å². The molecular formula is C16H13BrN6O. The Labute approximate surface area is 145 Å². The predicted molar refractivity (Wildman–Crippen MR) is 92.5 cm³/mol. The summed E-state index contributed by atoms with van der Waals surface area (Å²) in [6.45, 7) is 1.19.